The quantitative estimate of drug-likeness (QED) is 0.549. The van der Waals surface area contributed by atoms with Crippen LogP contribution in [0.3, 0.4) is 0 Å². The lowest BCUT2D eigenvalue weighted by Gasteiger charge is -1.99. The standard InChI is InChI=1S/C7H8BrNS/c8-6-2-1-5(4-10)3-7(6)9/h1-3,10H,4,9H2. The molecule has 0 spiro atoms. The van der Waals surface area contributed by atoms with E-state index < -0.39 is 0 Å². The Hall–Kier alpha value is -0.150. The first-order valence-corrected chi connectivity index (χ1v) is 4.31. The maximum atomic E-state index is 5.62. The van der Waals surface area contributed by atoms with Crippen molar-refractivity contribution in [3.8, 4) is 0 Å². The Kier molecular flexibility index (Phi) is 2.63. The van der Waals surface area contributed by atoms with Gasteiger partial charge in [0.25, 0.3) is 0 Å². The van der Waals surface area contributed by atoms with Crippen LogP contribution in [0.4, 0.5) is 5.69 Å². The van der Waals surface area contributed by atoms with Crippen molar-refractivity contribution in [1.82, 2.24) is 0 Å². The van der Waals surface area contributed by atoms with E-state index >= 15 is 0 Å². The van der Waals surface area contributed by atoms with E-state index in [0.29, 0.717) is 0 Å². The van der Waals surface area contributed by atoms with Crippen LogP contribution in [0.15, 0.2) is 22.7 Å². The van der Waals surface area contributed by atoms with Gasteiger partial charge in [-0.2, -0.15) is 12.6 Å². The van der Waals surface area contributed by atoms with Crippen LogP contribution < -0.4 is 5.73 Å². The molecular weight excluding hydrogens is 210 g/mol. The van der Waals surface area contributed by atoms with Crippen molar-refractivity contribution < 1.29 is 0 Å². The molecule has 0 aromatic heterocycles. The zero-order chi connectivity index (χ0) is 7.56. The van der Waals surface area contributed by atoms with Crippen LogP contribution in [0.1, 0.15) is 5.56 Å². The molecule has 0 aliphatic heterocycles. The fraction of sp³-hybridized carbons (Fsp3) is 0.143. The van der Waals surface area contributed by atoms with E-state index in [1.54, 1.807) is 0 Å². The van der Waals surface area contributed by atoms with E-state index in [-0.39, 0.29) is 0 Å². The number of hydrogen-bond donors (Lipinski definition) is 2. The molecule has 1 aromatic carbocycles. The summed E-state index contributed by atoms with van der Waals surface area (Å²) in [6, 6.07) is 5.84. The van der Waals surface area contributed by atoms with Crippen molar-refractivity contribution >= 4 is 34.2 Å². The Morgan fingerprint density at radius 3 is 2.70 bits per heavy atom. The monoisotopic (exact) mass is 217 g/mol. The molecule has 0 unspecified atom stereocenters. The Bertz CT molecular complexity index is 237. The first kappa shape index (κ1) is 7.95. The zero-order valence-electron chi connectivity index (χ0n) is 5.34. The molecule has 0 heterocycles. The van der Waals surface area contributed by atoms with Crippen molar-refractivity contribution in [2.75, 3.05) is 5.73 Å². The smallest absolute Gasteiger partial charge is 0.0461 e. The third kappa shape index (κ3) is 1.67. The predicted molar refractivity (Wildman–Crippen MR) is 51.2 cm³/mol. The summed E-state index contributed by atoms with van der Waals surface area (Å²) in [6.45, 7) is 0. The number of halogens is 1. The molecule has 1 aromatic rings. The summed E-state index contributed by atoms with van der Waals surface area (Å²) >= 11 is 7.43. The average molecular weight is 218 g/mol. The number of benzene rings is 1. The molecule has 0 radical (unpaired) electrons. The Balaban J connectivity index is 3.04. The van der Waals surface area contributed by atoms with Gasteiger partial charge in [0.2, 0.25) is 0 Å². The number of thiol groups is 1. The number of nitrogen functional groups attached to an aromatic ring is 1. The Morgan fingerprint density at radius 1 is 1.50 bits per heavy atom. The van der Waals surface area contributed by atoms with E-state index in [0.717, 1.165) is 21.5 Å². The van der Waals surface area contributed by atoms with Gasteiger partial charge in [-0.15, -0.1) is 0 Å². The second-order valence-corrected chi connectivity index (χ2v) is 3.18. The number of anilines is 1. The second kappa shape index (κ2) is 3.30. The molecule has 0 aliphatic carbocycles. The van der Waals surface area contributed by atoms with Crippen molar-refractivity contribution in [2.45, 2.75) is 5.75 Å². The highest BCUT2D eigenvalue weighted by molar-refractivity contribution is 9.10. The molecule has 0 fully saturated rings. The molecule has 54 valence electrons. The lowest BCUT2D eigenvalue weighted by Crippen LogP contribution is -1.87. The van der Waals surface area contributed by atoms with Gasteiger partial charge >= 0.3 is 0 Å². The third-order valence-corrected chi connectivity index (χ3v) is 2.33. The van der Waals surface area contributed by atoms with Gasteiger partial charge in [0.1, 0.15) is 0 Å². The van der Waals surface area contributed by atoms with Gasteiger partial charge in [-0.05, 0) is 33.6 Å². The number of hydrogen-bond acceptors (Lipinski definition) is 2. The summed E-state index contributed by atoms with van der Waals surface area (Å²) in [5.74, 6) is 0.734. The van der Waals surface area contributed by atoms with Crippen LogP contribution in [0.5, 0.6) is 0 Å². The van der Waals surface area contributed by atoms with E-state index in [4.69, 9.17) is 5.73 Å². The molecule has 1 rings (SSSR count). The third-order valence-electron chi connectivity index (χ3n) is 1.24. The van der Waals surface area contributed by atoms with Gasteiger partial charge in [-0.1, -0.05) is 6.07 Å². The van der Waals surface area contributed by atoms with Crippen LogP contribution in [0.2, 0.25) is 0 Å². The highest BCUT2D eigenvalue weighted by atomic mass is 79.9. The fourth-order valence-electron chi connectivity index (χ4n) is 0.692. The molecular formula is C7H8BrNS. The summed E-state index contributed by atoms with van der Waals surface area (Å²) in [4.78, 5) is 0. The van der Waals surface area contributed by atoms with Gasteiger partial charge in [-0.3, -0.25) is 0 Å². The van der Waals surface area contributed by atoms with Crippen molar-refractivity contribution in [2.24, 2.45) is 0 Å². The van der Waals surface area contributed by atoms with Gasteiger partial charge in [0.05, 0.1) is 0 Å². The summed E-state index contributed by atoms with van der Waals surface area (Å²) < 4.78 is 0.943. The van der Waals surface area contributed by atoms with Crippen molar-refractivity contribution in [3.05, 3.63) is 28.2 Å². The largest absolute Gasteiger partial charge is 0.398 e. The Morgan fingerprint density at radius 2 is 2.20 bits per heavy atom. The molecule has 0 saturated carbocycles. The molecule has 1 nitrogen and oxygen atoms in total. The molecule has 10 heavy (non-hydrogen) atoms. The molecule has 0 saturated heterocycles. The minimum Gasteiger partial charge on any atom is -0.398 e. The highest BCUT2D eigenvalue weighted by Gasteiger charge is 1.94. The van der Waals surface area contributed by atoms with Crippen LogP contribution in [-0.4, -0.2) is 0 Å². The number of rotatable bonds is 1. The van der Waals surface area contributed by atoms with E-state index in [2.05, 4.69) is 28.6 Å². The van der Waals surface area contributed by atoms with Gasteiger partial charge in [0, 0.05) is 15.9 Å². The summed E-state index contributed by atoms with van der Waals surface area (Å²) in [6.07, 6.45) is 0. The first-order chi connectivity index (χ1) is 4.74. The zero-order valence-corrected chi connectivity index (χ0v) is 7.82. The van der Waals surface area contributed by atoms with Gasteiger partial charge in [-0.25, -0.2) is 0 Å². The number of nitrogens with two attached hydrogens (primary N) is 1. The molecule has 0 amide bonds. The lowest BCUT2D eigenvalue weighted by molar-refractivity contribution is 1.42. The van der Waals surface area contributed by atoms with E-state index in [1.807, 2.05) is 18.2 Å². The van der Waals surface area contributed by atoms with Crippen LogP contribution in [0, 0.1) is 0 Å². The van der Waals surface area contributed by atoms with Gasteiger partial charge in [0.15, 0.2) is 0 Å². The summed E-state index contributed by atoms with van der Waals surface area (Å²) in [5, 5.41) is 0. The van der Waals surface area contributed by atoms with Crippen LogP contribution >= 0.6 is 28.6 Å². The summed E-state index contributed by atoms with van der Waals surface area (Å²) in [7, 11) is 0. The van der Waals surface area contributed by atoms with Gasteiger partial charge < -0.3 is 5.73 Å². The highest BCUT2D eigenvalue weighted by Crippen LogP contribution is 2.20. The second-order valence-electron chi connectivity index (χ2n) is 2.01. The van der Waals surface area contributed by atoms with Crippen LogP contribution in [0.25, 0.3) is 0 Å². The topological polar surface area (TPSA) is 26.0 Å². The van der Waals surface area contributed by atoms with E-state index in [9.17, 15) is 0 Å². The minimum absolute atomic E-state index is 0.734. The van der Waals surface area contributed by atoms with Crippen LogP contribution in [-0.2, 0) is 5.75 Å². The molecule has 0 aliphatic rings. The van der Waals surface area contributed by atoms with Crippen molar-refractivity contribution in [1.29, 1.82) is 0 Å². The lowest BCUT2D eigenvalue weighted by atomic mass is 10.2. The fourth-order valence-corrected chi connectivity index (χ4v) is 1.13. The first-order valence-electron chi connectivity index (χ1n) is 2.89. The predicted octanol–water partition coefficient (Wildman–Crippen LogP) is 2.46. The molecule has 2 N–H and O–H groups in total. The summed E-state index contributed by atoms with van der Waals surface area (Å²) in [5.41, 5.74) is 7.53. The Labute approximate surface area is 74.2 Å². The maximum absolute atomic E-state index is 5.62. The SMILES string of the molecule is Nc1cc(CS)ccc1Br. The molecule has 0 atom stereocenters. The minimum atomic E-state index is 0.734. The maximum Gasteiger partial charge on any atom is 0.0461 e. The normalized spacial score (nSPS) is 9.80. The van der Waals surface area contributed by atoms with E-state index in [1.165, 1.54) is 0 Å². The van der Waals surface area contributed by atoms with Crippen molar-refractivity contribution in [3.63, 3.8) is 0 Å². The molecule has 3 heteroatoms. The molecule has 0 bridgehead atoms. The average Bonchev–Trinajstić information content (AvgIpc) is 1.95.